The van der Waals surface area contributed by atoms with Gasteiger partial charge in [-0.05, 0) is 35.7 Å². The van der Waals surface area contributed by atoms with Crippen LogP contribution in [0.2, 0.25) is 0 Å². The number of benzene rings is 1. The SMILES string of the molecule is COC(O)NC[C@@H]1OC(=O)N2c3ccc(-c4ccc(C5(C#N)C6CN(C(=O)CO)CC65)nc4)cc3C[C@@H]12. The molecule has 0 spiro atoms. The number of likely N-dealkylation sites (tertiary alicyclic amines) is 1. The highest BCUT2D eigenvalue weighted by atomic mass is 16.6. The summed E-state index contributed by atoms with van der Waals surface area (Å²) in [5.74, 6) is -0.234. The zero-order chi connectivity index (χ0) is 25.9. The van der Waals surface area contributed by atoms with Crippen molar-refractivity contribution in [1.29, 1.82) is 5.26 Å². The van der Waals surface area contributed by atoms with Gasteiger partial charge in [-0.1, -0.05) is 12.1 Å². The fourth-order valence-electron chi connectivity index (χ4n) is 6.28. The molecule has 4 heterocycles. The van der Waals surface area contributed by atoms with Crippen molar-refractivity contribution < 1.29 is 29.3 Å². The standard InChI is InChI=1S/C26H27N5O6/c1-36-24(34)29-9-21-20-7-16-6-14(2-4-19(16)31(20)25(35)37-21)15-3-5-22(28-8-15)26(13-27)17-10-30(11-18(17)26)23(33)12-32/h2-6,8,17-18,20-21,24,29,32,34H,7,9-12H2,1H3/t17?,18?,20-,21-,24?,26?/m0/s1. The van der Waals surface area contributed by atoms with Crippen molar-refractivity contribution in [2.75, 3.05) is 38.3 Å². The van der Waals surface area contributed by atoms with Crippen LogP contribution in [-0.2, 0) is 26.1 Å². The fourth-order valence-corrected chi connectivity index (χ4v) is 6.28. The highest BCUT2D eigenvalue weighted by molar-refractivity contribution is 5.94. The smallest absolute Gasteiger partial charge is 0.415 e. The largest absolute Gasteiger partial charge is 0.442 e. The van der Waals surface area contributed by atoms with Gasteiger partial charge in [0.15, 0.2) is 0 Å². The molecule has 11 nitrogen and oxygen atoms in total. The van der Waals surface area contributed by atoms with Crippen LogP contribution < -0.4 is 10.2 Å². The molecule has 1 aliphatic carbocycles. The monoisotopic (exact) mass is 505 g/mol. The van der Waals surface area contributed by atoms with Gasteiger partial charge in [0.2, 0.25) is 12.3 Å². The summed E-state index contributed by atoms with van der Waals surface area (Å²) in [6.45, 7) is 0.684. The predicted octanol–water partition coefficient (Wildman–Crippen LogP) is 0.352. The molecular weight excluding hydrogens is 478 g/mol. The maximum absolute atomic E-state index is 12.5. The van der Waals surface area contributed by atoms with Gasteiger partial charge in [0, 0.05) is 50.3 Å². The van der Waals surface area contributed by atoms with Crippen LogP contribution in [0.15, 0.2) is 36.5 Å². The normalized spacial score (nSPS) is 29.8. The number of nitriles is 1. The lowest BCUT2D eigenvalue weighted by molar-refractivity contribution is -0.133. The minimum atomic E-state index is -1.13. The van der Waals surface area contributed by atoms with Gasteiger partial charge in [-0.3, -0.25) is 20.0 Å². The molecule has 5 atom stereocenters. The van der Waals surface area contributed by atoms with E-state index in [0.717, 1.165) is 22.4 Å². The van der Waals surface area contributed by atoms with Crippen LogP contribution in [-0.4, -0.2) is 84.0 Å². The van der Waals surface area contributed by atoms with Gasteiger partial charge in [-0.15, -0.1) is 0 Å². The third kappa shape index (κ3) is 3.59. The Labute approximate surface area is 213 Å². The number of methoxy groups -OCH3 is 1. The lowest BCUT2D eigenvalue weighted by atomic mass is 9.95. The van der Waals surface area contributed by atoms with Crippen LogP contribution >= 0.6 is 0 Å². The number of piperidine rings is 1. The quantitative estimate of drug-likeness (QED) is 0.453. The molecule has 1 saturated carbocycles. The highest BCUT2D eigenvalue weighted by Gasteiger charge is 2.71. The van der Waals surface area contributed by atoms with E-state index in [2.05, 4.69) is 22.4 Å². The van der Waals surface area contributed by atoms with Gasteiger partial charge in [-0.25, -0.2) is 4.79 Å². The van der Waals surface area contributed by atoms with Crippen LogP contribution in [0.5, 0.6) is 0 Å². The lowest BCUT2D eigenvalue weighted by Gasteiger charge is -2.22. The number of cyclic esters (lactones) is 1. The molecule has 3 unspecified atom stereocenters. The van der Waals surface area contributed by atoms with Crippen molar-refractivity contribution in [2.45, 2.75) is 30.4 Å². The molecule has 192 valence electrons. The summed E-state index contributed by atoms with van der Waals surface area (Å²) in [4.78, 5) is 32.3. The fraction of sp³-hybridized carbons (Fsp3) is 0.462. The molecule has 1 aromatic carbocycles. The highest BCUT2D eigenvalue weighted by Crippen LogP contribution is 2.62. The average Bonchev–Trinajstić information content (AvgIpc) is 3.29. The van der Waals surface area contributed by atoms with E-state index < -0.39 is 30.6 Å². The van der Waals surface area contributed by atoms with Crippen molar-refractivity contribution in [3.8, 4) is 17.2 Å². The number of hydrogen-bond donors (Lipinski definition) is 3. The van der Waals surface area contributed by atoms with Crippen molar-refractivity contribution in [3.63, 3.8) is 0 Å². The summed E-state index contributed by atoms with van der Waals surface area (Å²) >= 11 is 0. The Hall–Kier alpha value is -3.56. The van der Waals surface area contributed by atoms with E-state index in [-0.39, 0.29) is 30.3 Å². The Bertz CT molecular complexity index is 1280. The first kappa shape index (κ1) is 23.8. The van der Waals surface area contributed by atoms with Crippen molar-refractivity contribution in [2.24, 2.45) is 11.8 Å². The summed E-state index contributed by atoms with van der Waals surface area (Å²) in [5, 5.41) is 31.5. The Kier molecular flexibility index (Phi) is 5.65. The second-order valence-corrected chi connectivity index (χ2v) is 9.99. The third-order valence-corrected chi connectivity index (χ3v) is 8.27. The number of nitrogens with zero attached hydrogens (tertiary/aromatic N) is 4. The average molecular weight is 506 g/mol. The molecule has 2 amide bonds. The second kappa shape index (κ2) is 8.78. The lowest BCUT2D eigenvalue weighted by Crippen LogP contribution is -2.42. The number of carbonyl (C=O) groups excluding carboxylic acids is 2. The van der Waals surface area contributed by atoms with E-state index in [9.17, 15) is 20.0 Å². The minimum absolute atomic E-state index is 0.0343. The topological polar surface area (TPSA) is 148 Å². The molecule has 3 fully saturated rings. The first-order valence-electron chi connectivity index (χ1n) is 12.2. The number of amides is 2. The predicted molar refractivity (Wildman–Crippen MR) is 129 cm³/mol. The summed E-state index contributed by atoms with van der Waals surface area (Å²) in [5.41, 5.74) is 3.72. The number of nitrogens with one attached hydrogen (secondary N) is 1. The zero-order valence-electron chi connectivity index (χ0n) is 20.2. The number of pyridine rings is 1. The first-order chi connectivity index (χ1) is 17.9. The van der Waals surface area contributed by atoms with E-state index in [4.69, 9.17) is 14.6 Å². The van der Waals surface area contributed by atoms with E-state index in [1.165, 1.54) is 7.11 Å². The van der Waals surface area contributed by atoms with E-state index >= 15 is 0 Å². The van der Waals surface area contributed by atoms with Gasteiger partial charge < -0.3 is 24.6 Å². The zero-order valence-corrected chi connectivity index (χ0v) is 20.2. The van der Waals surface area contributed by atoms with Gasteiger partial charge in [-0.2, -0.15) is 5.26 Å². The van der Waals surface area contributed by atoms with Crippen LogP contribution in [0.25, 0.3) is 11.1 Å². The number of rotatable bonds is 7. The molecule has 3 N–H and O–H groups in total. The van der Waals surface area contributed by atoms with Gasteiger partial charge >= 0.3 is 6.09 Å². The van der Waals surface area contributed by atoms with E-state index in [0.29, 0.717) is 25.2 Å². The summed E-state index contributed by atoms with van der Waals surface area (Å²) in [6.07, 6.45) is 0.440. The number of fused-ring (bicyclic) bond motifs is 4. The molecule has 3 aliphatic heterocycles. The number of carbonyl (C=O) groups is 2. The van der Waals surface area contributed by atoms with Crippen LogP contribution in [0.4, 0.5) is 10.5 Å². The van der Waals surface area contributed by atoms with Crippen molar-refractivity contribution >= 4 is 17.7 Å². The van der Waals surface area contributed by atoms with Crippen molar-refractivity contribution in [1.82, 2.24) is 15.2 Å². The molecule has 0 bridgehead atoms. The number of anilines is 1. The second-order valence-electron chi connectivity index (χ2n) is 9.99. The molecule has 37 heavy (non-hydrogen) atoms. The minimum Gasteiger partial charge on any atom is -0.442 e. The molecule has 2 saturated heterocycles. The Morgan fingerprint density at radius 3 is 2.73 bits per heavy atom. The molecule has 6 rings (SSSR count). The Balaban J connectivity index is 1.18. The molecule has 1 aromatic heterocycles. The number of ether oxygens (including phenoxy) is 2. The van der Waals surface area contributed by atoms with Crippen LogP contribution in [0.3, 0.4) is 0 Å². The van der Waals surface area contributed by atoms with Crippen LogP contribution in [0, 0.1) is 23.2 Å². The van der Waals surface area contributed by atoms with E-state index in [1.807, 2.05) is 24.3 Å². The van der Waals surface area contributed by atoms with Crippen LogP contribution in [0.1, 0.15) is 11.3 Å². The number of aliphatic hydroxyl groups is 2. The Morgan fingerprint density at radius 1 is 1.32 bits per heavy atom. The Morgan fingerprint density at radius 2 is 2.08 bits per heavy atom. The maximum atomic E-state index is 12.5. The van der Waals surface area contributed by atoms with E-state index in [1.54, 1.807) is 16.0 Å². The van der Waals surface area contributed by atoms with Gasteiger partial charge in [0.25, 0.3) is 0 Å². The summed E-state index contributed by atoms with van der Waals surface area (Å²) in [7, 11) is 1.38. The summed E-state index contributed by atoms with van der Waals surface area (Å²) in [6, 6.07) is 12.0. The molecule has 2 aromatic rings. The number of aromatic nitrogens is 1. The maximum Gasteiger partial charge on any atom is 0.415 e. The molecule has 11 heteroatoms. The molecule has 0 radical (unpaired) electrons. The van der Waals surface area contributed by atoms with Gasteiger partial charge in [0.1, 0.15) is 18.1 Å². The third-order valence-electron chi connectivity index (χ3n) is 8.27. The number of aliphatic hydroxyl groups excluding tert-OH is 2. The van der Waals surface area contributed by atoms with Gasteiger partial charge in [0.05, 0.1) is 23.5 Å². The summed E-state index contributed by atoms with van der Waals surface area (Å²) < 4.78 is 10.3. The molecular formula is C26H27N5O6. The first-order valence-corrected chi connectivity index (χ1v) is 12.2. The number of hydrogen-bond acceptors (Lipinski definition) is 9. The molecule has 4 aliphatic rings. The van der Waals surface area contributed by atoms with Crippen molar-refractivity contribution in [3.05, 3.63) is 47.8 Å².